The molecule has 0 saturated carbocycles. The van der Waals surface area contributed by atoms with E-state index in [4.69, 9.17) is 0 Å². The summed E-state index contributed by atoms with van der Waals surface area (Å²) in [7, 11) is 9.51. The van der Waals surface area contributed by atoms with Crippen LogP contribution < -0.4 is 10.2 Å². The molecule has 0 aromatic heterocycles. The molecule has 0 aliphatic heterocycles. The fourth-order valence-corrected chi connectivity index (χ4v) is 2.04. The quantitative estimate of drug-likeness (QED) is 0.411. The average Bonchev–Trinajstić information content (AvgIpc) is 2.51. The molecule has 0 fully saturated rings. The minimum atomic E-state index is -0.0107. The lowest BCUT2D eigenvalue weighted by molar-refractivity contribution is -0.127. The van der Waals surface area contributed by atoms with Crippen LogP contribution in [0.4, 0.5) is 5.69 Å². The first-order chi connectivity index (χ1) is 10.8. The van der Waals surface area contributed by atoms with Crippen molar-refractivity contribution in [2.24, 2.45) is 4.99 Å². The number of benzene rings is 1. The van der Waals surface area contributed by atoms with E-state index in [1.54, 1.807) is 19.0 Å². The zero-order chi connectivity index (χ0) is 17.4. The van der Waals surface area contributed by atoms with E-state index in [1.807, 2.05) is 33.0 Å². The van der Waals surface area contributed by atoms with Crippen molar-refractivity contribution >= 4 is 41.5 Å². The second-order valence-corrected chi connectivity index (χ2v) is 5.88. The molecule has 0 bridgehead atoms. The number of hydrogen-bond acceptors (Lipinski definition) is 3. The predicted octanol–water partition coefficient (Wildman–Crippen LogP) is 1.86. The lowest BCUT2D eigenvalue weighted by Gasteiger charge is -2.23. The molecule has 0 radical (unpaired) electrons. The number of carbonyl (C=O) groups excluding carboxylic acids is 1. The fourth-order valence-electron chi connectivity index (χ4n) is 2.04. The average molecular weight is 447 g/mol. The van der Waals surface area contributed by atoms with Gasteiger partial charge in [-0.15, -0.1) is 24.0 Å². The van der Waals surface area contributed by atoms with E-state index < -0.39 is 0 Å². The molecular weight excluding hydrogens is 417 g/mol. The van der Waals surface area contributed by atoms with Gasteiger partial charge in [-0.2, -0.15) is 0 Å². The molecule has 0 spiro atoms. The van der Waals surface area contributed by atoms with E-state index in [2.05, 4.69) is 39.5 Å². The number of nitrogens with zero attached hydrogens (tertiary/aromatic N) is 4. The molecule has 24 heavy (non-hydrogen) atoms. The number of nitrogens with one attached hydrogen (secondary N) is 1. The van der Waals surface area contributed by atoms with Crippen LogP contribution in [-0.4, -0.2) is 70.0 Å². The van der Waals surface area contributed by atoms with Gasteiger partial charge in [-0.05, 0) is 24.6 Å². The van der Waals surface area contributed by atoms with Crippen LogP contribution in [0.2, 0.25) is 0 Å². The number of amides is 1. The Morgan fingerprint density at radius 2 is 1.83 bits per heavy atom. The topological polar surface area (TPSA) is 51.2 Å². The molecule has 136 valence electrons. The Hall–Kier alpha value is -1.51. The number of rotatable bonds is 6. The van der Waals surface area contributed by atoms with Crippen molar-refractivity contribution in [3.63, 3.8) is 0 Å². The Kier molecular flexibility index (Phi) is 10.4. The molecule has 0 atom stereocenters. The van der Waals surface area contributed by atoms with Gasteiger partial charge < -0.3 is 20.0 Å². The maximum atomic E-state index is 11.7. The maximum Gasteiger partial charge on any atom is 0.243 e. The van der Waals surface area contributed by atoms with Gasteiger partial charge in [0.25, 0.3) is 0 Å². The summed E-state index contributed by atoms with van der Waals surface area (Å²) in [6, 6.07) is 8.39. The highest BCUT2D eigenvalue weighted by molar-refractivity contribution is 14.0. The first-order valence-corrected chi connectivity index (χ1v) is 7.81. The van der Waals surface area contributed by atoms with Crippen molar-refractivity contribution in [3.05, 3.63) is 29.8 Å². The van der Waals surface area contributed by atoms with Crippen LogP contribution in [0.1, 0.15) is 12.5 Å². The molecule has 0 saturated heterocycles. The number of aliphatic imine (C=N–C) groups is 1. The molecule has 0 aliphatic rings. The number of anilines is 1. The lowest BCUT2D eigenvalue weighted by Crippen LogP contribution is -2.39. The van der Waals surface area contributed by atoms with Gasteiger partial charge in [0.2, 0.25) is 5.91 Å². The molecule has 1 amide bonds. The summed E-state index contributed by atoms with van der Waals surface area (Å²) in [6.45, 7) is 3.65. The van der Waals surface area contributed by atoms with Gasteiger partial charge in [0.05, 0.1) is 0 Å². The van der Waals surface area contributed by atoms with E-state index in [-0.39, 0.29) is 36.4 Å². The minimum absolute atomic E-state index is 0. The SMILES string of the molecule is CCNC(=NCC(=O)N(C)C)N(C)Cc1cccc(N(C)C)c1.I. The normalized spacial score (nSPS) is 10.7. The molecule has 0 unspecified atom stereocenters. The van der Waals surface area contributed by atoms with Crippen LogP contribution in [0.3, 0.4) is 0 Å². The number of likely N-dealkylation sites (N-methyl/N-ethyl adjacent to an activating group) is 1. The smallest absolute Gasteiger partial charge is 0.243 e. The Bertz CT molecular complexity index is 546. The van der Waals surface area contributed by atoms with Gasteiger partial charge in [-0.25, -0.2) is 4.99 Å². The van der Waals surface area contributed by atoms with Crippen molar-refractivity contribution in [2.45, 2.75) is 13.5 Å². The molecule has 1 N–H and O–H groups in total. The zero-order valence-electron chi connectivity index (χ0n) is 15.5. The fraction of sp³-hybridized carbons (Fsp3) is 0.529. The van der Waals surface area contributed by atoms with E-state index >= 15 is 0 Å². The third-order valence-electron chi connectivity index (χ3n) is 3.41. The standard InChI is InChI=1S/C17H29N5O.HI/c1-7-18-17(19-12-16(23)21(4)5)22(6)13-14-9-8-10-15(11-14)20(2)3;/h8-11H,7,12-13H2,1-6H3,(H,18,19);1H. The van der Waals surface area contributed by atoms with Crippen LogP contribution in [0, 0.1) is 0 Å². The lowest BCUT2D eigenvalue weighted by atomic mass is 10.2. The number of hydrogen-bond donors (Lipinski definition) is 1. The molecular formula is C17H30IN5O. The molecule has 1 rings (SSSR count). The van der Waals surface area contributed by atoms with Crippen molar-refractivity contribution < 1.29 is 4.79 Å². The number of halogens is 1. The summed E-state index contributed by atoms with van der Waals surface area (Å²) >= 11 is 0. The minimum Gasteiger partial charge on any atom is -0.378 e. The Labute approximate surface area is 162 Å². The summed E-state index contributed by atoms with van der Waals surface area (Å²) in [5.41, 5.74) is 2.36. The highest BCUT2D eigenvalue weighted by atomic mass is 127. The summed E-state index contributed by atoms with van der Waals surface area (Å²) in [6.07, 6.45) is 0. The van der Waals surface area contributed by atoms with Crippen LogP contribution in [0.15, 0.2) is 29.3 Å². The van der Waals surface area contributed by atoms with Crippen LogP contribution in [0.5, 0.6) is 0 Å². The van der Waals surface area contributed by atoms with Gasteiger partial charge in [0, 0.05) is 54.0 Å². The molecule has 1 aromatic rings. The van der Waals surface area contributed by atoms with Crippen molar-refractivity contribution in [1.82, 2.24) is 15.1 Å². The second kappa shape index (κ2) is 11.1. The van der Waals surface area contributed by atoms with Gasteiger partial charge in [-0.3, -0.25) is 4.79 Å². The summed E-state index contributed by atoms with van der Waals surface area (Å²) in [5.74, 6) is 0.723. The van der Waals surface area contributed by atoms with Crippen LogP contribution in [0.25, 0.3) is 0 Å². The van der Waals surface area contributed by atoms with Crippen molar-refractivity contribution in [1.29, 1.82) is 0 Å². The highest BCUT2D eigenvalue weighted by Gasteiger charge is 2.09. The zero-order valence-corrected chi connectivity index (χ0v) is 17.9. The molecule has 0 heterocycles. The summed E-state index contributed by atoms with van der Waals surface area (Å²) in [4.78, 5) is 21.8. The van der Waals surface area contributed by atoms with E-state index in [9.17, 15) is 4.79 Å². The summed E-state index contributed by atoms with van der Waals surface area (Å²) < 4.78 is 0. The first kappa shape index (κ1) is 22.5. The maximum absolute atomic E-state index is 11.7. The first-order valence-electron chi connectivity index (χ1n) is 7.81. The van der Waals surface area contributed by atoms with E-state index in [0.717, 1.165) is 19.0 Å². The number of carbonyl (C=O) groups is 1. The van der Waals surface area contributed by atoms with E-state index in [0.29, 0.717) is 0 Å². The molecule has 7 heteroatoms. The van der Waals surface area contributed by atoms with Gasteiger partial charge in [-0.1, -0.05) is 12.1 Å². The Morgan fingerprint density at radius 1 is 1.17 bits per heavy atom. The van der Waals surface area contributed by atoms with Gasteiger partial charge >= 0.3 is 0 Å². The second-order valence-electron chi connectivity index (χ2n) is 5.88. The highest BCUT2D eigenvalue weighted by Crippen LogP contribution is 2.14. The van der Waals surface area contributed by atoms with Gasteiger partial charge in [0.1, 0.15) is 6.54 Å². The molecule has 6 nitrogen and oxygen atoms in total. The summed E-state index contributed by atoms with van der Waals surface area (Å²) in [5, 5.41) is 3.23. The third-order valence-corrected chi connectivity index (χ3v) is 3.41. The van der Waals surface area contributed by atoms with Crippen LogP contribution >= 0.6 is 24.0 Å². The largest absolute Gasteiger partial charge is 0.378 e. The third kappa shape index (κ3) is 7.37. The Morgan fingerprint density at radius 3 is 2.38 bits per heavy atom. The van der Waals surface area contributed by atoms with Crippen molar-refractivity contribution in [3.8, 4) is 0 Å². The Balaban J connectivity index is 0.00000529. The van der Waals surface area contributed by atoms with Crippen LogP contribution in [-0.2, 0) is 11.3 Å². The molecule has 1 aromatic carbocycles. The van der Waals surface area contributed by atoms with Crippen molar-refractivity contribution in [2.75, 3.05) is 53.2 Å². The number of guanidine groups is 1. The molecule has 0 aliphatic carbocycles. The van der Waals surface area contributed by atoms with E-state index in [1.165, 1.54) is 11.3 Å². The predicted molar refractivity (Wildman–Crippen MR) is 112 cm³/mol. The van der Waals surface area contributed by atoms with Gasteiger partial charge in [0.15, 0.2) is 5.96 Å². The monoisotopic (exact) mass is 447 g/mol.